The number of halogens is 1. The van der Waals surface area contributed by atoms with Crippen LogP contribution < -0.4 is 10.0 Å². The molecular formula is C13H16BrN3O2S2. The predicted octanol–water partition coefficient (Wildman–Crippen LogP) is 3.04. The zero-order valence-electron chi connectivity index (χ0n) is 11.9. The molecule has 0 amide bonds. The van der Waals surface area contributed by atoms with Gasteiger partial charge in [-0.05, 0) is 44.2 Å². The van der Waals surface area contributed by atoms with Crippen LogP contribution in [0.3, 0.4) is 0 Å². The van der Waals surface area contributed by atoms with Gasteiger partial charge in [0.05, 0.1) is 10.6 Å². The highest BCUT2D eigenvalue weighted by atomic mass is 79.9. The molecule has 0 atom stereocenters. The van der Waals surface area contributed by atoms with Crippen molar-refractivity contribution in [3.8, 4) is 0 Å². The zero-order chi connectivity index (χ0) is 15.6. The lowest BCUT2D eigenvalue weighted by Crippen LogP contribution is -2.15. The molecule has 0 unspecified atom stereocenters. The van der Waals surface area contributed by atoms with Gasteiger partial charge in [0, 0.05) is 16.4 Å². The number of aromatic nitrogens is 1. The number of thiazole rings is 1. The van der Waals surface area contributed by atoms with Crippen LogP contribution in [0.25, 0.3) is 0 Å². The SMILES string of the molecule is CNCc1cc(Br)c(C)c(S(=O)(=O)Nc2nc(C)cs2)c1. The highest BCUT2D eigenvalue weighted by molar-refractivity contribution is 9.10. The Morgan fingerprint density at radius 3 is 2.62 bits per heavy atom. The number of anilines is 1. The van der Waals surface area contributed by atoms with Crippen molar-refractivity contribution in [3.05, 3.63) is 38.8 Å². The molecule has 0 saturated heterocycles. The molecule has 0 spiro atoms. The Hall–Kier alpha value is -0.960. The van der Waals surface area contributed by atoms with Crippen molar-refractivity contribution < 1.29 is 8.42 Å². The van der Waals surface area contributed by atoms with Crippen LogP contribution >= 0.6 is 27.3 Å². The first-order valence-electron chi connectivity index (χ1n) is 6.22. The summed E-state index contributed by atoms with van der Waals surface area (Å²) in [4.78, 5) is 4.40. The molecule has 0 radical (unpaired) electrons. The Morgan fingerprint density at radius 2 is 2.05 bits per heavy atom. The maximum absolute atomic E-state index is 12.6. The first-order chi connectivity index (χ1) is 9.83. The summed E-state index contributed by atoms with van der Waals surface area (Å²) >= 11 is 4.69. The topological polar surface area (TPSA) is 71.1 Å². The summed E-state index contributed by atoms with van der Waals surface area (Å²) in [5.74, 6) is 0. The molecular weight excluding hydrogens is 374 g/mol. The summed E-state index contributed by atoms with van der Waals surface area (Å²) in [6.07, 6.45) is 0. The van der Waals surface area contributed by atoms with E-state index in [9.17, 15) is 8.42 Å². The number of nitrogens with one attached hydrogen (secondary N) is 2. The molecule has 0 aliphatic heterocycles. The van der Waals surface area contributed by atoms with E-state index in [2.05, 4.69) is 31.0 Å². The van der Waals surface area contributed by atoms with E-state index < -0.39 is 10.0 Å². The summed E-state index contributed by atoms with van der Waals surface area (Å²) in [5.41, 5.74) is 2.36. The van der Waals surface area contributed by atoms with E-state index in [1.54, 1.807) is 18.4 Å². The summed E-state index contributed by atoms with van der Waals surface area (Å²) in [6.45, 7) is 4.19. The molecule has 8 heteroatoms. The maximum Gasteiger partial charge on any atom is 0.263 e. The Morgan fingerprint density at radius 1 is 1.33 bits per heavy atom. The van der Waals surface area contributed by atoms with E-state index >= 15 is 0 Å². The molecule has 1 heterocycles. The van der Waals surface area contributed by atoms with Crippen LogP contribution in [0.4, 0.5) is 5.13 Å². The lowest BCUT2D eigenvalue weighted by atomic mass is 10.1. The van der Waals surface area contributed by atoms with Gasteiger partial charge in [-0.15, -0.1) is 11.3 Å². The molecule has 5 nitrogen and oxygen atoms in total. The largest absolute Gasteiger partial charge is 0.316 e. The molecule has 114 valence electrons. The van der Waals surface area contributed by atoms with Crippen molar-refractivity contribution in [2.75, 3.05) is 11.8 Å². The standard InChI is InChI=1S/C13H16BrN3O2S2/c1-8-7-20-13(16-8)17-21(18,19)12-5-10(6-15-3)4-11(14)9(12)2/h4-5,7,15H,6H2,1-3H3,(H,16,17). The number of hydrogen-bond acceptors (Lipinski definition) is 5. The molecule has 0 aliphatic carbocycles. The molecule has 0 fully saturated rings. The zero-order valence-corrected chi connectivity index (χ0v) is 15.1. The van der Waals surface area contributed by atoms with E-state index in [1.807, 2.05) is 20.0 Å². The van der Waals surface area contributed by atoms with E-state index in [0.717, 1.165) is 15.7 Å². The fourth-order valence-electron chi connectivity index (χ4n) is 1.86. The van der Waals surface area contributed by atoms with Crippen LogP contribution in [0.5, 0.6) is 0 Å². The normalized spacial score (nSPS) is 11.6. The van der Waals surface area contributed by atoms with Gasteiger partial charge in [-0.3, -0.25) is 4.72 Å². The maximum atomic E-state index is 12.6. The van der Waals surface area contributed by atoms with Crippen molar-refractivity contribution in [3.63, 3.8) is 0 Å². The minimum absolute atomic E-state index is 0.259. The quantitative estimate of drug-likeness (QED) is 0.823. The minimum Gasteiger partial charge on any atom is -0.316 e. The Kier molecular flexibility index (Phi) is 5.03. The fraction of sp³-hybridized carbons (Fsp3) is 0.308. The second-order valence-electron chi connectivity index (χ2n) is 4.63. The van der Waals surface area contributed by atoms with Gasteiger partial charge in [0.15, 0.2) is 5.13 Å². The first kappa shape index (κ1) is 16.4. The van der Waals surface area contributed by atoms with Crippen molar-refractivity contribution in [2.24, 2.45) is 0 Å². The lowest BCUT2D eigenvalue weighted by Gasteiger charge is -2.12. The highest BCUT2D eigenvalue weighted by Crippen LogP contribution is 2.28. The lowest BCUT2D eigenvalue weighted by molar-refractivity contribution is 0.600. The Bertz CT molecular complexity index is 757. The van der Waals surface area contributed by atoms with Crippen LogP contribution in [-0.2, 0) is 16.6 Å². The van der Waals surface area contributed by atoms with Gasteiger partial charge in [0.25, 0.3) is 10.0 Å². The fourth-order valence-corrected chi connectivity index (χ4v) is 4.76. The summed E-state index contributed by atoms with van der Waals surface area (Å²) in [5, 5.41) is 5.20. The summed E-state index contributed by atoms with van der Waals surface area (Å²) in [6, 6.07) is 3.60. The van der Waals surface area contributed by atoms with E-state index in [1.165, 1.54) is 11.3 Å². The van der Waals surface area contributed by atoms with E-state index in [4.69, 9.17) is 0 Å². The van der Waals surface area contributed by atoms with Crippen molar-refractivity contribution >= 4 is 42.4 Å². The summed E-state index contributed by atoms with van der Waals surface area (Å²) in [7, 11) is -1.84. The van der Waals surface area contributed by atoms with Gasteiger partial charge in [-0.2, -0.15) is 0 Å². The predicted molar refractivity (Wildman–Crippen MR) is 89.3 cm³/mol. The molecule has 2 N–H and O–H groups in total. The van der Waals surface area contributed by atoms with Crippen LogP contribution in [0, 0.1) is 13.8 Å². The second-order valence-corrected chi connectivity index (χ2v) is 7.99. The van der Waals surface area contributed by atoms with Gasteiger partial charge < -0.3 is 5.32 Å². The average molecular weight is 390 g/mol. The molecule has 1 aromatic carbocycles. The van der Waals surface area contributed by atoms with Gasteiger partial charge in [0.1, 0.15) is 0 Å². The molecule has 2 rings (SSSR count). The van der Waals surface area contributed by atoms with Crippen molar-refractivity contribution in [1.82, 2.24) is 10.3 Å². The van der Waals surface area contributed by atoms with Gasteiger partial charge in [0.2, 0.25) is 0 Å². The highest BCUT2D eigenvalue weighted by Gasteiger charge is 2.20. The van der Waals surface area contributed by atoms with Crippen molar-refractivity contribution in [2.45, 2.75) is 25.3 Å². The number of sulfonamides is 1. The van der Waals surface area contributed by atoms with Crippen LogP contribution in [-0.4, -0.2) is 20.4 Å². The third-order valence-corrected chi connectivity index (χ3v) is 6.16. The molecule has 2 aromatic rings. The Labute approximate surface area is 137 Å². The molecule has 1 aromatic heterocycles. The molecule has 0 bridgehead atoms. The van der Waals surface area contributed by atoms with Crippen LogP contribution in [0.1, 0.15) is 16.8 Å². The van der Waals surface area contributed by atoms with Crippen LogP contribution in [0.15, 0.2) is 26.9 Å². The third-order valence-electron chi connectivity index (χ3n) is 2.87. The smallest absolute Gasteiger partial charge is 0.263 e. The van der Waals surface area contributed by atoms with E-state index in [-0.39, 0.29) is 4.90 Å². The number of hydrogen-bond donors (Lipinski definition) is 2. The summed E-state index contributed by atoms with van der Waals surface area (Å²) < 4.78 is 28.4. The molecule has 0 saturated carbocycles. The second kappa shape index (κ2) is 6.43. The van der Waals surface area contributed by atoms with Crippen molar-refractivity contribution in [1.29, 1.82) is 0 Å². The number of benzene rings is 1. The molecule has 0 aliphatic rings. The molecule has 21 heavy (non-hydrogen) atoms. The first-order valence-corrected chi connectivity index (χ1v) is 9.37. The van der Waals surface area contributed by atoms with Gasteiger partial charge in [-0.1, -0.05) is 15.9 Å². The number of rotatable bonds is 5. The monoisotopic (exact) mass is 389 g/mol. The number of aryl methyl sites for hydroxylation is 1. The van der Waals surface area contributed by atoms with Crippen LogP contribution in [0.2, 0.25) is 0 Å². The average Bonchev–Trinajstić information content (AvgIpc) is 2.78. The Balaban J connectivity index is 2.43. The van der Waals surface area contributed by atoms with Gasteiger partial charge >= 0.3 is 0 Å². The number of nitrogens with zero attached hydrogens (tertiary/aromatic N) is 1. The van der Waals surface area contributed by atoms with E-state index in [0.29, 0.717) is 17.2 Å². The minimum atomic E-state index is -3.65. The van der Waals surface area contributed by atoms with Gasteiger partial charge in [-0.25, -0.2) is 13.4 Å². The third kappa shape index (κ3) is 3.82.